The van der Waals surface area contributed by atoms with Crippen molar-refractivity contribution < 1.29 is 13.9 Å². The number of amides is 1. The Kier molecular flexibility index (Phi) is 5.38. The molecular formula is C13H21N3O3. The zero-order valence-electron chi connectivity index (χ0n) is 11.2. The highest BCUT2D eigenvalue weighted by Gasteiger charge is 2.21. The molecule has 0 radical (unpaired) electrons. The van der Waals surface area contributed by atoms with Crippen molar-refractivity contribution in [1.29, 1.82) is 0 Å². The summed E-state index contributed by atoms with van der Waals surface area (Å²) in [6.07, 6.45) is 1.77. The van der Waals surface area contributed by atoms with E-state index in [1.165, 1.54) is 0 Å². The Morgan fingerprint density at radius 2 is 2.47 bits per heavy atom. The normalized spacial score (nSPS) is 20.4. The van der Waals surface area contributed by atoms with E-state index >= 15 is 0 Å². The fourth-order valence-corrected chi connectivity index (χ4v) is 2.13. The van der Waals surface area contributed by atoms with Crippen LogP contribution in [0.25, 0.3) is 0 Å². The predicted molar refractivity (Wildman–Crippen MR) is 70.7 cm³/mol. The molecule has 0 aromatic carbocycles. The van der Waals surface area contributed by atoms with Crippen LogP contribution in [0.3, 0.4) is 0 Å². The molecule has 0 saturated carbocycles. The molecule has 1 aromatic heterocycles. The van der Waals surface area contributed by atoms with E-state index in [9.17, 15) is 4.79 Å². The molecule has 1 saturated heterocycles. The van der Waals surface area contributed by atoms with Crippen LogP contribution in [-0.4, -0.2) is 56.7 Å². The highest BCUT2D eigenvalue weighted by Crippen LogP contribution is 2.04. The second-order valence-electron chi connectivity index (χ2n) is 4.64. The van der Waals surface area contributed by atoms with Gasteiger partial charge in [0.1, 0.15) is 5.76 Å². The molecule has 1 fully saturated rings. The quantitative estimate of drug-likeness (QED) is 0.748. The molecule has 0 bridgehead atoms. The molecule has 106 valence electrons. The number of ether oxygens (including phenoxy) is 1. The maximum Gasteiger partial charge on any atom is 0.234 e. The molecule has 0 spiro atoms. The number of hydrogen-bond donors (Lipinski definition) is 2. The third-order valence-electron chi connectivity index (χ3n) is 3.06. The maximum absolute atomic E-state index is 11.8. The first-order chi connectivity index (χ1) is 9.28. The Morgan fingerprint density at radius 1 is 1.58 bits per heavy atom. The van der Waals surface area contributed by atoms with Crippen molar-refractivity contribution in [2.45, 2.75) is 12.6 Å². The summed E-state index contributed by atoms with van der Waals surface area (Å²) >= 11 is 0. The van der Waals surface area contributed by atoms with Crippen molar-refractivity contribution in [3.8, 4) is 0 Å². The summed E-state index contributed by atoms with van der Waals surface area (Å²) in [4.78, 5) is 13.9. The number of carbonyl (C=O) groups is 1. The van der Waals surface area contributed by atoms with E-state index in [0.29, 0.717) is 19.7 Å². The van der Waals surface area contributed by atoms with E-state index in [1.807, 2.05) is 19.2 Å². The van der Waals surface area contributed by atoms with E-state index in [2.05, 4.69) is 15.5 Å². The summed E-state index contributed by atoms with van der Waals surface area (Å²) in [7, 11) is 1.90. The van der Waals surface area contributed by atoms with Crippen LogP contribution in [0.4, 0.5) is 0 Å². The molecule has 19 heavy (non-hydrogen) atoms. The lowest BCUT2D eigenvalue weighted by Crippen LogP contribution is -2.49. The summed E-state index contributed by atoms with van der Waals surface area (Å²) < 4.78 is 10.8. The van der Waals surface area contributed by atoms with Crippen LogP contribution in [0.2, 0.25) is 0 Å². The molecule has 6 nitrogen and oxygen atoms in total. The van der Waals surface area contributed by atoms with Gasteiger partial charge in [-0.3, -0.25) is 9.69 Å². The lowest BCUT2D eigenvalue weighted by Gasteiger charge is -2.32. The first-order valence-electron chi connectivity index (χ1n) is 6.55. The monoisotopic (exact) mass is 267 g/mol. The van der Waals surface area contributed by atoms with Crippen LogP contribution in [-0.2, 0) is 16.1 Å². The Balaban J connectivity index is 1.69. The first-order valence-corrected chi connectivity index (χ1v) is 6.55. The molecule has 2 heterocycles. The average Bonchev–Trinajstić information content (AvgIpc) is 2.90. The van der Waals surface area contributed by atoms with E-state index in [0.717, 1.165) is 25.4 Å². The number of rotatable bonds is 6. The fourth-order valence-electron chi connectivity index (χ4n) is 2.13. The van der Waals surface area contributed by atoms with Gasteiger partial charge in [0.25, 0.3) is 0 Å². The molecule has 1 aromatic rings. The Hall–Kier alpha value is -1.37. The van der Waals surface area contributed by atoms with Gasteiger partial charge in [-0.25, -0.2) is 0 Å². The number of hydrogen-bond acceptors (Lipinski definition) is 5. The minimum atomic E-state index is 0.0153. The van der Waals surface area contributed by atoms with E-state index < -0.39 is 0 Å². The van der Waals surface area contributed by atoms with E-state index in [-0.39, 0.29) is 12.0 Å². The molecule has 0 aliphatic carbocycles. The van der Waals surface area contributed by atoms with Crippen LogP contribution in [0.5, 0.6) is 0 Å². The van der Waals surface area contributed by atoms with Gasteiger partial charge in [0.2, 0.25) is 5.91 Å². The predicted octanol–water partition coefficient (Wildman–Crippen LogP) is -0.184. The molecule has 2 rings (SSSR count). The number of nitrogens with one attached hydrogen (secondary N) is 2. The SMILES string of the molecule is CNCC1CN(CC(=O)NCc2ccco2)CCO1. The standard InChI is InChI=1S/C13H21N3O3/c1-14-7-12-9-16(4-6-19-12)10-13(17)15-8-11-3-2-5-18-11/h2-3,5,12,14H,4,6-10H2,1H3,(H,15,17). The fraction of sp³-hybridized carbons (Fsp3) is 0.615. The van der Waals surface area contributed by atoms with Crippen LogP contribution < -0.4 is 10.6 Å². The van der Waals surface area contributed by atoms with Gasteiger partial charge in [0.05, 0.1) is 32.1 Å². The third-order valence-corrected chi connectivity index (χ3v) is 3.06. The second kappa shape index (κ2) is 7.28. The number of nitrogens with zero attached hydrogens (tertiary/aromatic N) is 1. The smallest absolute Gasteiger partial charge is 0.234 e. The van der Waals surface area contributed by atoms with Gasteiger partial charge in [-0.05, 0) is 19.2 Å². The molecule has 2 N–H and O–H groups in total. The van der Waals surface area contributed by atoms with Crippen LogP contribution in [0.15, 0.2) is 22.8 Å². The lowest BCUT2D eigenvalue weighted by atomic mass is 10.2. The van der Waals surface area contributed by atoms with Gasteiger partial charge in [-0.2, -0.15) is 0 Å². The van der Waals surface area contributed by atoms with E-state index in [1.54, 1.807) is 6.26 Å². The molecule has 6 heteroatoms. The number of morpholine rings is 1. The van der Waals surface area contributed by atoms with Crippen LogP contribution in [0.1, 0.15) is 5.76 Å². The molecule has 1 aliphatic rings. The minimum absolute atomic E-state index is 0.0153. The topological polar surface area (TPSA) is 66.7 Å². The molecule has 1 amide bonds. The summed E-state index contributed by atoms with van der Waals surface area (Å²) in [6.45, 7) is 3.92. The van der Waals surface area contributed by atoms with Gasteiger partial charge in [0.15, 0.2) is 0 Å². The molecule has 1 atom stereocenters. The lowest BCUT2D eigenvalue weighted by molar-refractivity contribution is -0.124. The molecule has 1 unspecified atom stereocenters. The largest absolute Gasteiger partial charge is 0.467 e. The molecule has 1 aliphatic heterocycles. The number of likely N-dealkylation sites (N-methyl/N-ethyl adjacent to an activating group) is 1. The minimum Gasteiger partial charge on any atom is -0.467 e. The van der Waals surface area contributed by atoms with E-state index in [4.69, 9.17) is 9.15 Å². The van der Waals surface area contributed by atoms with Crippen LogP contribution >= 0.6 is 0 Å². The van der Waals surface area contributed by atoms with Gasteiger partial charge >= 0.3 is 0 Å². The summed E-state index contributed by atoms with van der Waals surface area (Å²) in [5, 5.41) is 5.94. The Bertz CT molecular complexity index is 378. The van der Waals surface area contributed by atoms with Crippen molar-refractivity contribution in [3.05, 3.63) is 24.2 Å². The Labute approximate surface area is 113 Å². The van der Waals surface area contributed by atoms with Crippen molar-refractivity contribution in [2.24, 2.45) is 0 Å². The number of carbonyl (C=O) groups excluding carboxylic acids is 1. The summed E-state index contributed by atoms with van der Waals surface area (Å²) in [5.41, 5.74) is 0. The highest BCUT2D eigenvalue weighted by molar-refractivity contribution is 5.77. The first kappa shape index (κ1) is 14.0. The van der Waals surface area contributed by atoms with Gasteiger partial charge in [0, 0.05) is 19.6 Å². The van der Waals surface area contributed by atoms with Crippen molar-refractivity contribution >= 4 is 5.91 Å². The van der Waals surface area contributed by atoms with Gasteiger partial charge < -0.3 is 19.8 Å². The van der Waals surface area contributed by atoms with Crippen LogP contribution in [0, 0.1) is 0 Å². The zero-order valence-corrected chi connectivity index (χ0v) is 11.2. The zero-order chi connectivity index (χ0) is 13.5. The van der Waals surface area contributed by atoms with Crippen molar-refractivity contribution in [3.63, 3.8) is 0 Å². The summed E-state index contributed by atoms with van der Waals surface area (Å²) in [6, 6.07) is 3.66. The van der Waals surface area contributed by atoms with Crippen molar-refractivity contribution in [1.82, 2.24) is 15.5 Å². The van der Waals surface area contributed by atoms with Gasteiger partial charge in [-0.15, -0.1) is 0 Å². The average molecular weight is 267 g/mol. The maximum atomic E-state index is 11.8. The highest BCUT2D eigenvalue weighted by atomic mass is 16.5. The Morgan fingerprint density at radius 3 is 3.21 bits per heavy atom. The molecular weight excluding hydrogens is 246 g/mol. The summed E-state index contributed by atoms with van der Waals surface area (Å²) in [5.74, 6) is 0.782. The second-order valence-corrected chi connectivity index (χ2v) is 4.64. The third kappa shape index (κ3) is 4.66. The van der Waals surface area contributed by atoms with Gasteiger partial charge in [-0.1, -0.05) is 0 Å². The number of furan rings is 1. The van der Waals surface area contributed by atoms with Crippen molar-refractivity contribution in [2.75, 3.05) is 39.8 Å².